The van der Waals surface area contributed by atoms with Gasteiger partial charge in [-0.05, 0) is 67.9 Å². The molecule has 0 saturated carbocycles. The minimum atomic E-state index is -0.584. The Bertz CT molecular complexity index is 1220. The fraction of sp³-hybridized carbons (Fsp3) is 0.276. The molecule has 1 aliphatic rings. The highest BCUT2D eigenvalue weighted by molar-refractivity contribution is 6.24. The third-order valence-electron chi connectivity index (χ3n) is 5.98. The van der Waals surface area contributed by atoms with Crippen molar-refractivity contribution in [2.24, 2.45) is 4.99 Å². The van der Waals surface area contributed by atoms with Gasteiger partial charge >= 0.3 is 5.97 Å². The van der Waals surface area contributed by atoms with Crippen molar-refractivity contribution in [2.45, 2.75) is 32.7 Å². The highest BCUT2D eigenvalue weighted by Gasteiger charge is 2.36. The number of esters is 1. The van der Waals surface area contributed by atoms with E-state index in [0.717, 1.165) is 36.3 Å². The molecule has 3 aromatic carbocycles. The number of nitrogens with zero attached hydrogens (tertiary/aromatic N) is 2. The molecule has 35 heavy (non-hydrogen) atoms. The van der Waals surface area contributed by atoms with E-state index in [1.54, 1.807) is 19.1 Å². The van der Waals surface area contributed by atoms with Gasteiger partial charge in [0.05, 0.1) is 23.6 Å². The van der Waals surface area contributed by atoms with E-state index >= 15 is 0 Å². The molecule has 3 aromatic rings. The fourth-order valence-electron chi connectivity index (χ4n) is 4.37. The Kier molecular flexibility index (Phi) is 7.73. The van der Waals surface area contributed by atoms with E-state index in [-0.39, 0.29) is 5.91 Å². The Morgan fingerprint density at radius 2 is 1.74 bits per heavy atom. The van der Waals surface area contributed by atoms with Gasteiger partial charge in [-0.25, -0.2) is 4.79 Å². The first kappa shape index (κ1) is 24.4. The van der Waals surface area contributed by atoms with Gasteiger partial charge in [0.25, 0.3) is 0 Å². The van der Waals surface area contributed by atoms with Gasteiger partial charge in [0.2, 0.25) is 5.91 Å². The number of carbonyl (C=O) groups is 2. The lowest BCUT2D eigenvalue weighted by molar-refractivity contribution is -0.115. The van der Waals surface area contributed by atoms with Crippen molar-refractivity contribution in [1.82, 2.24) is 4.90 Å². The number of aliphatic imine (C=N–C) groups is 1. The molecule has 6 nitrogen and oxygen atoms in total. The monoisotopic (exact) mass is 469 g/mol. The Morgan fingerprint density at radius 1 is 1.00 bits per heavy atom. The van der Waals surface area contributed by atoms with Crippen LogP contribution in [0.1, 0.15) is 53.2 Å². The third kappa shape index (κ3) is 5.66. The Balaban J connectivity index is 1.69. The number of benzene rings is 3. The maximum Gasteiger partial charge on any atom is 0.338 e. The number of anilines is 1. The first-order valence-electron chi connectivity index (χ1n) is 12.0. The van der Waals surface area contributed by atoms with Crippen LogP contribution in [0.3, 0.4) is 0 Å². The van der Waals surface area contributed by atoms with Crippen molar-refractivity contribution in [1.29, 1.82) is 0 Å². The molecule has 1 heterocycles. The van der Waals surface area contributed by atoms with Crippen LogP contribution in [0.15, 0.2) is 77.8 Å². The van der Waals surface area contributed by atoms with E-state index < -0.39 is 11.9 Å². The molecule has 0 radical (unpaired) electrons. The number of rotatable bonds is 9. The summed E-state index contributed by atoms with van der Waals surface area (Å²) in [5, 5.41) is 2.93. The molecule has 0 fully saturated rings. The smallest absolute Gasteiger partial charge is 0.338 e. The van der Waals surface area contributed by atoms with Gasteiger partial charge < -0.3 is 15.0 Å². The van der Waals surface area contributed by atoms with Crippen LogP contribution in [0.4, 0.5) is 11.4 Å². The molecule has 1 N–H and O–H groups in total. The maximum atomic E-state index is 13.2. The quantitative estimate of drug-likeness (QED) is 0.329. The second kappa shape index (κ2) is 11.1. The second-order valence-electron chi connectivity index (χ2n) is 8.71. The van der Waals surface area contributed by atoms with Crippen LogP contribution in [0.2, 0.25) is 0 Å². The average molecular weight is 470 g/mol. The van der Waals surface area contributed by atoms with E-state index in [9.17, 15) is 9.59 Å². The van der Waals surface area contributed by atoms with Crippen molar-refractivity contribution >= 4 is 29.0 Å². The lowest BCUT2D eigenvalue weighted by atomic mass is 9.90. The molecule has 1 atom stereocenters. The summed E-state index contributed by atoms with van der Waals surface area (Å²) in [6.07, 6.45) is 1.12. The molecular weight excluding hydrogens is 438 g/mol. The largest absolute Gasteiger partial charge is 0.462 e. The summed E-state index contributed by atoms with van der Waals surface area (Å²) in [5.74, 6) is -1.16. The van der Waals surface area contributed by atoms with Gasteiger partial charge in [-0.3, -0.25) is 9.79 Å². The van der Waals surface area contributed by atoms with Crippen LogP contribution in [0, 0.1) is 0 Å². The number of carbonyl (C=O) groups excluding carboxylic acids is 2. The van der Waals surface area contributed by atoms with E-state index in [0.29, 0.717) is 23.6 Å². The van der Waals surface area contributed by atoms with Crippen molar-refractivity contribution in [3.8, 4) is 0 Å². The van der Waals surface area contributed by atoms with Crippen molar-refractivity contribution in [3.05, 3.63) is 95.1 Å². The van der Waals surface area contributed by atoms with E-state index in [1.807, 2.05) is 48.5 Å². The first-order valence-corrected chi connectivity index (χ1v) is 12.0. The summed E-state index contributed by atoms with van der Waals surface area (Å²) >= 11 is 0. The summed E-state index contributed by atoms with van der Waals surface area (Å²) in [6.45, 7) is 6.16. The van der Waals surface area contributed by atoms with Crippen LogP contribution in [0.5, 0.6) is 0 Å². The SMILES string of the molecule is CCCN(C)Cc1ccc(N=C(c2ccccc2)C2C(=O)Nc3cc(C(=O)OCC)ccc32)cc1. The summed E-state index contributed by atoms with van der Waals surface area (Å²) in [7, 11) is 2.12. The fourth-order valence-corrected chi connectivity index (χ4v) is 4.37. The molecule has 0 aliphatic carbocycles. The predicted octanol–water partition coefficient (Wildman–Crippen LogP) is 5.56. The molecule has 4 rings (SSSR count). The molecule has 0 spiro atoms. The van der Waals surface area contributed by atoms with Crippen LogP contribution in [-0.4, -0.2) is 42.7 Å². The zero-order valence-corrected chi connectivity index (χ0v) is 20.5. The Hall–Kier alpha value is -3.77. The third-order valence-corrected chi connectivity index (χ3v) is 5.98. The lowest BCUT2D eigenvalue weighted by Gasteiger charge is -2.16. The molecule has 0 bridgehead atoms. The van der Waals surface area contributed by atoms with Gasteiger partial charge in [-0.2, -0.15) is 0 Å². The van der Waals surface area contributed by atoms with Crippen molar-refractivity contribution in [2.75, 3.05) is 25.5 Å². The van der Waals surface area contributed by atoms with Crippen LogP contribution < -0.4 is 5.32 Å². The van der Waals surface area contributed by atoms with Gasteiger partial charge in [-0.15, -0.1) is 0 Å². The summed E-state index contributed by atoms with van der Waals surface area (Å²) in [6, 6.07) is 23.1. The van der Waals surface area contributed by atoms with E-state index in [4.69, 9.17) is 9.73 Å². The maximum absolute atomic E-state index is 13.2. The Labute approximate surface area is 206 Å². The predicted molar refractivity (Wildman–Crippen MR) is 139 cm³/mol. The molecule has 0 aromatic heterocycles. The molecule has 1 aliphatic heterocycles. The topological polar surface area (TPSA) is 71.0 Å². The van der Waals surface area contributed by atoms with Gasteiger partial charge in [0, 0.05) is 12.2 Å². The minimum absolute atomic E-state index is 0.165. The minimum Gasteiger partial charge on any atom is -0.462 e. The number of nitrogens with one attached hydrogen (secondary N) is 1. The van der Waals surface area contributed by atoms with E-state index in [1.165, 1.54) is 5.56 Å². The number of ether oxygens (including phenoxy) is 1. The summed E-state index contributed by atoms with van der Waals surface area (Å²) in [4.78, 5) is 32.6. The molecule has 180 valence electrons. The standard InChI is InChI=1S/C29H31N3O3/c1-4-17-32(3)19-20-11-14-23(15-12-20)30-27(21-9-7-6-8-10-21)26-24-16-13-22(29(34)35-5-2)18-25(24)31-28(26)33/h6-16,18,26H,4-5,17,19H2,1-3H3,(H,31,33). The van der Waals surface area contributed by atoms with Crippen LogP contribution in [0.25, 0.3) is 0 Å². The van der Waals surface area contributed by atoms with Crippen LogP contribution in [-0.2, 0) is 16.1 Å². The Morgan fingerprint density at radius 3 is 2.43 bits per heavy atom. The number of hydrogen-bond acceptors (Lipinski definition) is 5. The number of hydrogen-bond donors (Lipinski definition) is 1. The first-order chi connectivity index (χ1) is 17.0. The van der Waals surface area contributed by atoms with Crippen molar-refractivity contribution in [3.63, 3.8) is 0 Å². The summed E-state index contributed by atoms with van der Waals surface area (Å²) < 4.78 is 5.11. The molecule has 0 saturated heterocycles. The summed E-state index contributed by atoms with van der Waals surface area (Å²) in [5.41, 5.74) is 5.37. The normalized spacial score (nSPS) is 15.1. The highest BCUT2D eigenvalue weighted by Crippen LogP contribution is 2.37. The van der Waals surface area contributed by atoms with Crippen molar-refractivity contribution < 1.29 is 14.3 Å². The number of fused-ring (bicyclic) bond motifs is 1. The highest BCUT2D eigenvalue weighted by atomic mass is 16.5. The molecule has 1 unspecified atom stereocenters. The van der Waals surface area contributed by atoms with Crippen LogP contribution >= 0.6 is 0 Å². The molecular formula is C29H31N3O3. The molecule has 1 amide bonds. The molecule has 6 heteroatoms. The average Bonchev–Trinajstić information content (AvgIpc) is 3.19. The zero-order valence-electron chi connectivity index (χ0n) is 20.5. The van der Waals surface area contributed by atoms with Gasteiger partial charge in [0.15, 0.2) is 0 Å². The van der Waals surface area contributed by atoms with E-state index in [2.05, 4.69) is 36.3 Å². The second-order valence-corrected chi connectivity index (χ2v) is 8.71. The van der Waals surface area contributed by atoms with Gasteiger partial charge in [-0.1, -0.05) is 55.5 Å². The number of amides is 1. The van der Waals surface area contributed by atoms with Gasteiger partial charge in [0.1, 0.15) is 5.92 Å². The zero-order chi connectivity index (χ0) is 24.8. The lowest BCUT2D eigenvalue weighted by Crippen LogP contribution is -2.22.